The molecule has 2 atom stereocenters. The summed E-state index contributed by atoms with van der Waals surface area (Å²) in [7, 11) is 0. The predicted molar refractivity (Wildman–Crippen MR) is 85.5 cm³/mol. The quantitative estimate of drug-likeness (QED) is 0.514. The van der Waals surface area contributed by atoms with Gasteiger partial charge in [0.25, 0.3) is 0 Å². The zero-order chi connectivity index (χ0) is 13.0. The molecule has 2 rings (SSSR count). The molecule has 18 heavy (non-hydrogen) atoms. The van der Waals surface area contributed by atoms with Gasteiger partial charge in [-0.2, -0.15) is 0 Å². The molecule has 3 heteroatoms. The van der Waals surface area contributed by atoms with E-state index >= 15 is 0 Å². The molecule has 0 aromatic heterocycles. The number of halogens is 2. The second-order valence-corrected chi connectivity index (χ2v) is 6.57. The van der Waals surface area contributed by atoms with E-state index in [4.69, 9.17) is 16.3 Å². The molecule has 100 valence electrons. The van der Waals surface area contributed by atoms with Crippen molar-refractivity contribution in [1.82, 2.24) is 0 Å². The van der Waals surface area contributed by atoms with E-state index in [9.17, 15) is 0 Å². The van der Waals surface area contributed by atoms with Crippen LogP contribution in [-0.4, -0.2) is 10.0 Å². The fraction of sp³-hybridized carbons (Fsp3) is 0.600. The number of hydrogen-bond donors (Lipinski definition) is 0. The van der Waals surface area contributed by atoms with Gasteiger partial charge in [0.15, 0.2) is 0 Å². The minimum absolute atomic E-state index is 0.0669. The van der Waals surface area contributed by atoms with Gasteiger partial charge in [-0.15, -0.1) is 0 Å². The van der Waals surface area contributed by atoms with Crippen molar-refractivity contribution in [3.05, 3.63) is 34.9 Å². The maximum Gasteiger partial charge on any atom is 0.0778 e. The van der Waals surface area contributed by atoms with Gasteiger partial charge in [0.2, 0.25) is 0 Å². The van der Waals surface area contributed by atoms with Gasteiger partial charge in [0, 0.05) is 9.45 Å². The Morgan fingerprint density at radius 1 is 1.44 bits per heavy atom. The minimum atomic E-state index is 0.0669. The summed E-state index contributed by atoms with van der Waals surface area (Å²) in [5.74, 6) is 0.778. The lowest BCUT2D eigenvalue weighted by Gasteiger charge is -2.38. The van der Waals surface area contributed by atoms with Gasteiger partial charge in [-0.25, -0.2) is 0 Å². The van der Waals surface area contributed by atoms with Crippen molar-refractivity contribution >= 4 is 34.2 Å². The number of benzene rings is 1. The highest BCUT2D eigenvalue weighted by molar-refractivity contribution is 14.1. The Bertz CT molecular complexity index is 396. The first-order chi connectivity index (χ1) is 8.65. The molecule has 0 radical (unpaired) electrons. The highest BCUT2D eigenvalue weighted by Crippen LogP contribution is 2.37. The second kappa shape index (κ2) is 6.58. The Kier molecular flexibility index (Phi) is 5.34. The summed E-state index contributed by atoms with van der Waals surface area (Å²) in [6.07, 6.45) is 4.99. The van der Waals surface area contributed by atoms with E-state index in [0.29, 0.717) is 6.61 Å². The van der Waals surface area contributed by atoms with Crippen LogP contribution in [0, 0.1) is 5.92 Å². The van der Waals surface area contributed by atoms with E-state index in [1.165, 1.54) is 25.7 Å². The first-order valence-electron chi connectivity index (χ1n) is 6.58. The van der Waals surface area contributed by atoms with E-state index in [1.807, 2.05) is 18.2 Å². The van der Waals surface area contributed by atoms with Crippen molar-refractivity contribution in [3.63, 3.8) is 0 Å². The SMILES string of the molecule is CC1CCCC(CI)(OCc2ccccc2Cl)C1. The first-order valence-corrected chi connectivity index (χ1v) is 8.49. The van der Waals surface area contributed by atoms with Crippen LogP contribution in [0.1, 0.15) is 38.2 Å². The van der Waals surface area contributed by atoms with E-state index < -0.39 is 0 Å². The molecule has 1 fully saturated rings. The molecule has 1 aromatic rings. The molecule has 1 nitrogen and oxygen atoms in total. The normalized spacial score (nSPS) is 28.3. The minimum Gasteiger partial charge on any atom is -0.369 e. The topological polar surface area (TPSA) is 9.23 Å². The van der Waals surface area contributed by atoms with Crippen molar-refractivity contribution in [3.8, 4) is 0 Å². The van der Waals surface area contributed by atoms with Crippen LogP contribution in [-0.2, 0) is 11.3 Å². The van der Waals surface area contributed by atoms with Gasteiger partial charge < -0.3 is 4.74 Å². The standard InChI is InChI=1S/C15H20ClIO/c1-12-5-4-8-15(9-12,11-17)18-10-13-6-2-3-7-14(13)16/h2-3,6-7,12H,4-5,8-11H2,1H3. The van der Waals surface area contributed by atoms with Crippen molar-refractivity contribution in [2.45, 2.75) is 44.8 Å². The summed E-state index contributed by atoms with van der Waals surface area (Å²) in [6, 6.07) is 7.96. The highest BCUT2D eigenvalue weighted by Gasteiger charge is 2.34. The molecule has 0 saturated heterocycles. The van der Waals surface area contributed by atoms with Crippen molar-refractivity contribution in [2.24, 2.45) is 5.92 Å². The lowest BCUT2D eigenvalue weighted by Crippen LogP contribution is -2.39. The van der Waals surface area contributed by atoms with Gasteiger partial charge in [-0.05, 0) is 30.4 Å². The summed E-state index contributed by atoms with van der Waals surface area (Å²) in [5, 5.41) is 0.810. The maximum absolute atomic E-state index is 6.27. The van der Waals surface area contributed by atoms with Crippen LogP contribution in [0.5, 0.6) is 0 Å². The fourth-order valence-electron chi connectivity index (χ4n) is 2.75. The maximum atomic E-state index is 6.27. The summed E-state index contributed by atoms with van der Waals surface area (Å²) in [4.78, 5) is 0. The van der Waals surface area contributed by atoms with E-state index in [2.05, 4.69) is 35.6 Å². The van der Waals surface area contributed by atoms with Gasteiger partial charge in [0.05, 0.1) is 12.2 Å². The lowest BCUT2D eigenvalue weighted by molar-refractivity contribution is -0.0716. The van der Waals surface area contributed by atoms with Crippen LogP contribution < -0.4 is 0 Å². The molecule has 0 heterocycles. The number of hydrogen-bond acceptors (Lipinski definition) is 1. The average molecular weight is 379 g/mol. The van der Waals surface area contributed by atoms with Gasteiger partial charge in [-0.3, -0.25) is 0 Å². The second-order valence-electron chi connectivity index (χ2n) is 5.40. The van der Waals surface area contributed by atoms with Crippen LogP contribution >= 0.6 is 34.2 Å². The number of rotatable bonds is 4. The van der Waals surface area contributed by atoms with Gasteiger partial charge in [-0.1, -0.05) is 72.2 Å². The van der Waals surface area contributed by atoms with Crippen LogP contribution in [0.15, 0.2) is 24.3 Å². The smallest absolute Gasteiger partial charge is 0.0778 e. The molecule has 2 unspecified atom stereocenters. The zero-order valence-electron chi connectivity index (χ0n) is 10.8. The monoisotopic (exact) mass is 378 g/mol. The first kappa shape index (κ1) is 14.6. The number of ether oxygens (including phenoxy) is 1. The molecule has 1 saturated carbocycles. The zero-order valence-corrected chi connectivity index (χ0v) is 13.7. The van der Waals surface area contributed by atoms with E-state index in [1.54, 1.807) is 0 Å². The van der Waals surface area contributed by atoms with Crippen molar-refractivity contribution in [2.75, 3.05) is 4.43 Å². The fourth-order valence-corrected chi connectivity index (χ4v) is 3.85. The summed E-state index contributed by atoms with van der Waals surface area (Å²) in [5.41, 5.74) is 1.17. The van der Waals surface area contributed by atoms with Crippen molar-refractivity contribution in [1.29, 1.82) is 0 Å². The Labute approximate surface area is 128 Å². The van der Waals surface area contributed by atoms with Crippen molar-refractivity contribution < 1.29 is 4.74 Å². The molecule has 0 spiro atoms. The molecular formula is C15H20ClIO. The summed E-state index contributed by atoms with van der Waals surface area (Å²) < 4.78 is 7.33. The largest absolute Gasteiger partial charge is 0.369 e. The molecule has 1 aliphatic rings. The van der Waals surface area contributed by atoms with Gasteiger partial charge in [0.1, 0.15) is 0 Å². The van der Waals surface area contributed by atoms with E-state index in [-0.39, 0.29) is 5.60 Å². The van der Waals surface area contributed by atoms with E-state index in [0.717, 1.165) is 20.9 Å². The molecule has 1 aromatic carbocycles. The Morgan fingerprint density at radius 3 is 2.89 bits per heavy atom. The van der Waals surface area contributed by atoms with Crippen LogP contribution in [0.25, 0.3) is 0 Å². The third-order valence-electron chi connectivity index (χ3n) is 3.79. The molecular weight excluding hydrogens is 359 g/mol. The average Bonchev–Trinajstić information content (AvgIpc) is 2.38. The summed E-state index contributed by atoms with van der Waals surface area (Å²) >= 11 is 8.64. The van der Waals surface area contributed by atoms with Crippen LogP contribution in [0.3, 0.4) is 0 Å². The predicted octanol–water partition coefficient (Wildman–Crippen LogP) is 5.24. The Hall–Kier alpha value is 0.200. The lowest BCUT2D eigenvalue weighted by atomic mass is 9.80. The van der Waals surface area contributed by atoms with Crippen LogP contribution in [0.2, 0.25) is 5.02 Å². The molecule has 1 aliphatic carbocycles. The molecule has 0 N–H and O–H groups in total. The molecule has 0 bridgehead atoms. The molecule has 0 aliphatic heterocycles. The number of alkyl halides is 1. The third-order valence-corrected chi connectivity index (χ3v) is 5.54. The molecule has 0 amide bonds. The Morgan fingerprint density at radius 2 is 2.22 bits per heavy atom. The summed E-state index contributed by atoms with van der Waals surface area (Å²) in [6.45, 7) is 2.97. The Balaban J connectivity index is 2.01. The third kappa shape index (κ3) is 3.61. The van der Waals surface area contributed by atoms with Crippen LogP contribution in [0.4, 0.5) is 0 Å². The highest BCUT2D eigenvalue weighted by atomic mass is 127. The van der Waals surface area contributed by atoms with Gasteiger partial charge >= 0.3 is 0 Å².